The molecular weight excluding hydrogens is 384 g/mol. The molecule has 0 spiro atoms. The van der Waals surface area contributed by atoms with Gasteiger partial charge in [-0.1, -0.05) is 26.0 Å². The van der Waals surface area contributed by atoms with Crippen molar-refractivity contribution >= 4 is 29.4 Å². The SMILES string of the molecule is CC1CC(C)CN(C(=O)c2ccccc2NC(=O)CCCN2C(=O)CN(C)C2=O)C1. The van der Waals surface area contributed by atoms with Crippen LogP contribution in [0.15, 0.2) is 24.3 Å². The lowest BCUT2D eigenvalue weighted by molar-refractivity contribution is -0.125. The molecule has 3 rings (SSSR count). The van der Waals surface area contributed by atoms with Gasteiger partial charge in [-0.3, -0.25) is 19.3 Å². The van der Waals surface area contributed by atoms with E-state index >= 15 is 0 Å². The minimum absolute atomic E-state index is 0.0689. The van der Waals surface area contributed by atoms with Crippen molar-refractivity contribution in [2.45, 2.75) is 33.1 Å². The molecule has 8 nitrogen and oxygen atoms in total. The molecule has 30 heavy (non-hydrogen) atoms. The number of hydrogen-bond donors (Lipinski definition) is 1. The summed E-state index contributed by atoms with van der Waals surface area (Å²) in [4.78, 5) is 53.6. The van der Waals surface area contributed by atoms with E-state index in [1.165, 1.54) is 9.80 Å². The standard InChI is InChI=1S/C22H30N4O4/c1-15-11-16(2)13-25(12-15)21(29)17-7-4-5-8-18(17)23-19(27)9-6-10-26-20(28)14-24(3)22(26)30/h4-5,7-8,15-16H,6,9-14H2,1-3H3,(H,23,27). The molecule has 0 bridgehead atoms. The molecule has 5 amide bonds. The van der Waals surface area contributed by atoms with Gasteiger partial charge in [-0.05, 0) is 36.8 Å². The summed E-state index contributed by atoms with van der Waals surface area (Å²) < 4.78 is 0. The van der Waals surface area contributed by atoms with Crippen LogP contribution in [0.2, 0.25) is 0 Å². The summed E-state index contributed by atoms with van der Waals surface area (Å²) in [6, 6.07) is 6.71. The quantitative estimate of drug-likeness (QED) is 0.724. The van der Waals surface area contributed by atoms with Crippen molar-refractivity contribution in [3.05, 3.63) is 29.8 Å². The molecule has 1 aromatic rings. The highest BCUT2D eigenvalue weighted by atomic mass is 16.2. The number of carbonyl (C=O) groups excluding carboxylic acids is 4. The van der Waals surface area contributed by atoms with Gasteiger partial charge >= 0.3 is 6.03 Å². The van der Waals surface area contributed by atoms with Crippen molar-refractivity contribution in [1.82, 2.24) is 14.7 Å². The van der Waals surface area contributed by atoms with Crippen LogP contribution >= 0.6 is 0 Å². The van der Waals surface area contributed by atoms with Crippen LogP contribution in [0.25, 0.3) is 0 Å². The number of likely N-dealkylation sites (tertiary alicyclic amines) is 1. The molecule has 2 unspecified atom stereocenters. The van der Waals surface area contributed by atoms with Gasteiger partial charge in [0.2, 0.25) is 11.8 Å². The number of carbonyl (C=O) groups is 4. The number of imide groups is 1. The maximum Gasteiger partial charge on any atom is 0.326 e. The van der Waals surface area contributed by atoms with Crippen LogP contribution in [0.4, 0.5) is 10.5 Å². The summed E-state index contributed by atoms with van der Waals surface area (Å²) in [5.41, 5.74) is 0.977. The highest BCUT2D eigenvalue weighted by Crippen LogP contribution is 2.25. The lowest BCUT2D eigenvalue weighted by atomic mass is 9.91. The minimum Gasteiger partial charge on any atom is -0.338 e. The third-order valence-electron chi connectivity index (χ3n) is 5.60. The first-order valence-electron chi connectivity index (χ1n) is 10.5. The second-order valence-corrected chi connectivity index (χ2v) is 8.54. The van der Waals surface area contributed by atoms with Gasteiger partial charge < -0.3 is 15.1 Å². The largest absolute Gasteiger partial charge is 0.338 e. The second kappa shape index (κ2) is 9.28. The van der Waals surface area contributed by atoms with Gasteiger partial charge in [0, 0.05) is 33.1 Å². The van der Waals surface area contributed by atoms with Gasteiger partial charge in [0.1, 0.15) is 6.54 Å². The second-order valence-electron chi connectivity index (χ2n) is 8.54. The molecule has 2 fully saturated rings. The monoisotopic (exact) mass is 414 g/mol. The summed E-state index contributed by atoms with van der Waals surface area (Å²) in [5, 5.41) is 2.82. The fraction of sp³-hybridized carbons (Fsp3) is 0.545. The molecule has 2 aliphatic heterocycles. The van der Waals surface area contributed by atoms with Gasteiger partial charge in [-0.25, -0.2) is 4.79 Å². The summed E-state index contributed by atoms with van der Waals surface area (Å²) >= 11 is 0. The van der Waals surface area contributed by atoms with E-state index in [1.54, 1.807) is 31.3 Å². The average Bonchev–Trinajstić information content (AvgIpc) is 2.93. The maximum absolute atomic E-state index is 13.1. The number of likely N-dealkylation sites (N-methyl/N-ethyl adjacent to an activating group) is 1. The van der Waals surface area contributed by atoms with E-state index < -0.39 is 0 Å². The number of urea groups is 1. The van der Waals surface area contributed by atoms with E-state index in [-0.39, 0.29) is 43.3 Å². The molecule has 2 aliphatic rings. The number of piperidine rings is 1. The zero-order valence-electron chi connectivity index (χ0n) is 17.9. The number of anilines is 1. The third-order valence-corrected chi connectivity index (χ3v) is 5.60. The van der Waals surface area contributed by atoms with Crippen LogP contribution in [-0.2, 0) is 9.59 Å². The van der Waals surface area contributed by atoms with Crippen LogP contribution in [0.1, 0.15) is 43.5 Å². The van der Waals surface area contributed by atoms with Crippen LogP contribution in [0, 0.1) is 11.8 Å². The number of hydrogen-bond acceptors (Lipinski definition) is 4. The van der Waals surface area contributed by atoms with E-state index in [0.717, 1.165) is 19.5 Å². The highest BCUT2D eigenvalue weighted by Gasteiger charge is 2.33. The molecule has 8 heteroatoms. The Labute approximate surface area is 177 Å². The third kappa shape index (κ3) is 4.98. The highest BCUT2D eigenvalue weighted by molar-refractivity contribution is 6.04. The van der Waals surface area contributed by atoms with Crippen LogP contribution < -0.4 is 5.32 Å². The Hall–Kier alpha value is -2.90. The molecule has 2 atom stereocenters. The lowest BCUT2D eigenvalue weighted by Gasteiger charge is -2.35. The van der Waals surface area contributed by atoms with Gasteiger partial charge in [0.05, 0.1) is 11.3 Å². The Bertz CT molecular complexity index is 830. The molecular formula is C22H30N4O4. The van der Waals surface area contributed by atoms with Crippen molar-refractivity contribution < 1.29 is 19.2 Å². The van der Waals surface area contributed by atoms with Crippen molar-refractivity contribution in [3.63, 3.8) is 0 Å². The van der Waals surface area contributed by atoms with E-state index in [1.807, 2.05) is 4.90 Å². The molecule has 162 valence electrons. The van der Waals surface area contributed by atoms with E-state index in [4.69, 9.17) is 0 Å². The predicted octanol–water partition coefficient (Wildman–Crippen LogP) is 2.42. The number of benzene rings is 1. The van der Waals surface area contributed by atoms with Crippen LogP contribution in [-0.4, -0.2) is 71.7 Å². The first-order chi connectivity index (χ1) is 14.3. The summed E-state index contributed by atoms with van der Waals surface area (Å²) in [7, 11) is 1.57. The van der Waals surface area contributed by atoms with Gasteiger partial charge in [0.15, 0.2) is 0 Å². The Morgan fingerprint density at radius 2 is 1.77 bits per heavy atom. The van der Waals surface area contributed by atoms with Gasteiger partial charge in [-0.15, -0.1) is 0 Å². The summed E-state index contributed by atoms with van der Waals surface area (Å²) in [6.07, 6.45) is 1.63. The van der Waals surface area contributed by atoms with Crippen molar-refractivity contribution in [3.8, 4) is 0 Å². The normalized spacial score (nSPS) is 21.9. The van der Waals surface area contributed by atoms with Crippen LogP contribution in [0.5, 0.6) is 0 Å². The summed E-state index contributed by atoms with van der Waals surface area (Å²) in [6.45, 7) is 6.03. The fourth-order valence-corrected chi connectivity index (χ4v) is 4.28. The predicted molar refractivity (Wildman–Crippen MR) is 113 cm³/mol. The number of amides is 5. The molecule has 2 saturated heterocycles. The Kier molecular flexibility index (Phi) is 6.74. The van der Waals surface area contributed by atoms with Crippen LogP contribution in [0.3, 0.4) is 0 Å². The smallest absolute Gasteiger partial charge is 0.326 e. The Balaban J connectivity index is 1.58. The van der Waals surface area contributed by atoms with Crippen molar-refractivity contribution in [2.24, 2.45) is 11.8 Å². The maximum atomic E-state index is 13.1. The number of nitrogens with one attached hydrogen (secondary N) is 1. The number of nitrogens with zero attached hydrogens (tertiary/aromatic N) is 3. The lowest BCUT2D eigenvalue weighted by Crippen LogP contribution is -2.42. The average molecular weight is 415 g/mol. The molecule has 2 heterocycles. The Morgan fingerprint density at radius 1 is 1.10 bits per heavy atom. The Morgan fingerprint density at radius 3 is 2.40 bits per heavy atom. The first-order valence-corrected chi connectivity index (χ1v) is 10.5. The fourth-order valence-electron chi connectivity index (χ4n) is 4.28. The van der Waals surface area contributed by atoms with Crippen molar-refractivity contribution in [1.29, 1.82) is 0 Å². The topological polar surface area (TPSA) is 90.0 Å². The minimum atomic E-state index is -0.332. The zero-order chi connectivity index (χ0) is 21.8. The zero-order valence-corrected chi connectivity index (χ0v) is 17.9. The van der Waals surface area contributed by atoms with E-state index in [0.29, 0.717) is 29.5 Å². The van der Waals surface area contributed by atoms with Gasteiger partial charge in [-0.2, -0.15) is 0 Å². The molecule has 1 N–H and O–H groups in total. The first kappa shape index (κ1) is 21.8. The molecule has 0 aliphatic carbocycles. The molecule has 0 saturated carbocycles. The van der Waals surface area contributed by atoms with E-state index in [2.05, 4.69) is 19.2 Å². The molecule has 1 aromatic carbocycles. The number of para-hydroxylation sites is 1. The van der Waals surface area contributed by atoms with Crippen molar-refractivity contribution in [2.75, 3.05) is 38.5 Å². The molecule has 0 aromatic heterocycles. The van der Waals surface area contributed by atoms with E-state index in [9.17, 15) is 19.2 Å². The molecule has 0 radical (unpaired) electrons. The summed E-state index contributed by atoms with van der Waals surface area (Å²) in [5.74, 6) is 0.344. The number of rotatable bonds is 6. The van der Waals surface area contributed by atoms with Gasteiger partial charge in [0.25, 0.3) is 5.91 Å².